The van der Waals surface area contributed by atoms with Crippen LogP contribution in [0.5, 0.6) is 0 Å². The highest BCUT2D eigenvalue weighted by molar-refractivity contribution is 5.83. The third-order valence-corrected chi connectivity index (χ3v) is 3.95. The van der Waals surface area contributed by atoms with Gasteiger partial charge in [0.1, 0.15) is 11.8 Å². The number of aromatic nitrogens is 1. The molecule has 2 fully saturated rings. The summed E-state index contributed by atoms with van der Waals surface area (Å²) < 4.78 is 5.55. The molecule has 1 amide bonds. The van der Waals surface area contributed by atoms with Gasteiger partial charge in [0.2, 0.25) is 11.8 Å². The van der Waals surface area contributed by atoms with E-state index in [1.54, 1.807) is 6.20 Å². The van der Waals surface area contributed by atoms with Crippen LogP contribution in [0.1, 0.15) is 50.3 Å². The van der Waals surface area contributed by atoms with Crippen LogP contribution in [0.3, 0.4) is 0 Å². The predicted octanol–water partition coefficient (Wildman–Crippen LogP) is 1.79. The van der Waals surface area contributed by atoms with E-state index in [1.807, 2.05) is 18.7 Å². The molecule has 2 aliphatic rings. The predicted molar refractivity (Wildman–Crippen MR) is 70.5 cm³/mol. The van der Waals surface area contributed by atoms with Crippen molar-refractivity contribution in [2.45, 2.75) is 57.7 Å². The van der Waals surface area contributed by atoms with E-state index in [1.165, 1.54) is 12.8 Å². The van der Waals surface area contributed by atoms with E-state index >= 15 is 0 Å². The number of piperidine rings is 1. The summed E-state index contributed by atoms with van der Waals surface area (Å²) in [6.45, 7) is 4.66. The summed E-state index contributed by atoms with van der Waals surface area (Å²) in [5.74, 6) is 1.62. The Balaban J connectivity index is 1.70. The lowest BCUT2D eigenvalue weighted by Gasteiger charge is -2.35. The largest absolute Gasteiger partial charge is 0.444 e. The molecule has 0 radical (unpaired) electrons. The molecule has 2 unspecified atom stereocenters. The van der Waals surface area contributed by atoms with Crippen LogP contribution < -0.4 is 5.32 Å². The number of oxazole rings is 1. The van der Waals surface area contributed by atoms with Gasteiger partial charge in [-0.25, -0.2) is 4.98 Å². The summed E-state index contributed by atoms with van der Waals surface area (Å²) in [5, 5.41) is 3.44. The molecular formula is C14H21N3O2. The number of aryl methyl sites for hydroxylation is 1. The molecule has 1 saturated heterocycles. The Hall–Kier alpha value is -1.36. The Kier molecular flexibility index (Phi) is 3.31. The van der Waals surface area contributed by atoms with Crippen molar-refractivity contribution in [1.29, 1.82) is 0 Å². The molecule has 1 aromatic rings. The molecule has 5 nitrogen and oxygen atoms in total. The van der Waals surface area contributed by atoms with Gasteiger partial charge in [-0.3, -0.25) is 4.79 Å². The van der Waals surface area contributed by atoms with Crippen LogP contribution in [-0.2, 0) is 4.79 Å². The molecule has 0 spiro atoms. The quantitative estimate of drug-likeness (QED) is 0.899. The Labute approximate surface area is 113 Å². The molecule has 1 aliphatic carbocycles. The summed E-state index contributed by atoms with van der Waals surface area (Å²) in [5.41, 5.74) is 0. The minimum absolute atomic E-state index is 0.0141. The topological polar surface area (TPSA) is 58.4 Å². The van der Waals surface area contributed by atoms with Gasteiger partial charge in [-0.15, -0.1) is 0 Å². The van der Waals surface area contributed by atoms with Gasteiger partial charge >= 0.3 is 0 Å². The van der Waals surface area contributed by atoms with Gasteiger partial charge in [0.25, 0.3) is 0 Å². The van der Waals surface area contributed by atoms with Crippen LogP contribution in [0, 0.1) is 6.92 Å². The first-order valence-electron chi connectivity index (χ1n) is 7.14. The zero-order valence-corrected chi connectivity index (χ0v) is 11.6. The van der Waals surface area contributed by atoms with Gasteiger partial charge in [0, 0.05) is 12.6 Å². The fourth-order valence-corrected chi connectivity index (χ4v) is 2.67. The van der Waals surface area contributed by atoms with Crippen molar-refractivity contribution in [3.8, 4) is 0 Å². The van der Waals surface area contributed by atoms with Crippen LogP contribution >= 0.6 is 0 Å². The Morgan fingerprint density at radius 3 is 2.89 bits per heavy atom. The Morgan fingerprint density at radius 1 is 1.47 bits per heavy atom. The first kappa shape index (κ1) is 12.7. The molecule has 1 N–H and O–H groups in total. The van der Waals surface area contributed by atoms with Crippen LogP contribution in [0.4, 0.5) is 0 Å². The summed E-state index contributed by atoms with van der Waals surface area (Å²) in [6.07, 6.45) is 6.11. The number of hydrogen-bond acceptors (Lipinski definition) is 4. The van der Waals surface area contributed by atoms with Crippen molar-refractivity contribution in [1.82, 2.24) is 15.2 Å². The number of rotatable bonds is 4. The Morgan fingerprint density at radius 2 is 2.26 bits per heavy atom. The van der Waals surface area contributed by atoms with Crippen LogP contribution in [0.25, 0.3) is 0 Å². The summed E-state index contributed by atoms with van der Waals surface area (Å²) in [4.78, 5) is 18.6. The van der Waals surface area contributed by atoms with Crippen LogP contribution in [0.2, 0.25) is 0 Å². The molecule has 1 aliphatic heterocycles. The van der Waals surface area contributed by atoms with Crippen molar-refractivity contribution in [3.63, 3.8) is 0 Å². The van der Waals surface area contributed by atoms with Crippen LogP contribution in [0.15, 0.2) is 10.6 Å². The fraction of sp³-hybridized carbons (Fsp3) is 0.714. The van der Waals surface area contributed by atoms with Crippen molar-refractivity contribution >= 4 is 5.91 Å². The number of carbonyl (C=O) groups excluding carboxylic acids is 1. The van der Waals surface area contributed by atoms with Crippen molar-refractivity contribution in [2.24, 2.45) is 0 Å². The lowest BCUT2D eigenvalue weighted by molar-refractivity contribution is -0.138. The molecule has 2 heterocycles. The second-order valence-electron chi connectivity index (χ2n) is 5.65. The van der Waals surface area contributed by atoms with Gasteiger partial charge in [-0.2, -0.15) is 0 Å². The average Bonchev–Trinajstić information content (AvgIpc) is 3.11. The van der Waals surface area contributed by atoms with E-state index in [0.29, 0.717) is 11.9 Å². The minimum Gasteiger partial charge on any atom is -0.444 e. The molecule has 0 bridgehead atoms. The lowest BCUT2D eigenvalue weighted by atomic mass is 10.0. The average molecular weight is 263 g/mol. The first-order valence-corrected chi connectivity index (χ1v) is 7.14. The SMILES string of the molecule is Cc1cnc(C(C)N2CCCC(NC3CC3)C2=O)o1. The standard InChI is InChI=1S/C14H21N3O2/c1-9-8-15-13(19-9)10(2)17-7-3-4-12(14(17)18)16-11-5-6-11/h8,10-12,16H,3-7H2,1-2H3. The molecule has 0 aromatic carbocycles. The van der Waals surface area contributed by atoms with Crippen molar-refractivity contribution < 1.29 is 9.21 Å². The minimum atomic E-state index is -0.0787. The number of hydrogen-bond donors (Lipinski definition) is 1. The zero-order valence-electron chi connectivity index (χ0n) is 11.6. The van der Waals surface area contributed by atoms with Gasteiger partial charge in [0.05, 0.1) is 12.2 Å². The fourth-order valence-electron chi connectivity index (χ4n) is 2.67. The van der Waals surface area contributed by atoms with E-state index < -0.39 is 0 Å². The molecule has 19 heavy (non-hydrogen) atoms. The zero-order chi connectivity index (χ0) is 13.4. The highest BCUT2D eigenvalue weighted by Crippen LogP contribution is 2.27. The second kappa shape index (κ2) is 4.96. The number of carbonyl (C=O) groups is 1. The summed E-state index contributed by atoms with van der Waals surface area (Å²) >= 11 is 0. The lowest BCUT2D eigenvalue weighted by Crippen LogP contribution is -2.51. The molecule has 1 saturated carbocycles. The smallest absolute Gasteiger partial charge is 0.240 e. The summed E-state index contributed by atoms with van der Waals surface area (Å²) in [7, 11) is 0. The van der Waals surface area contributed by atoms with Gasteiger partial charge in [-0.1, -0.05) is 0 Å². The van der Waals surface area contributed by atoms with E-state index in [-0.39, 0.29) is 18.0 Å². The van der Waals surface area contributed by atoms with Crippen molar-refractivity contribution in [3.05, 3.63) is 17.8 Å². The highest BCUT2D eigenvalue weighted by atomic mass is 16.4. The third-order valence-electron chi connectivity index (χ3n) is 3.95. The van der Waals surface area contributed by atoms with Gasteiger partial charge < -0.3 is 14.6 Å². The normalized spacial score (nSPS) is 25.7. The molecule has 3 rings (SSSR count). The van der Waals surface area contributed by atoms with E-state index in [4.69, 9.17) is 4.42 Å². The van der Waals surface area contributed by atoms with E-state index in [9.17, 15) is 4.79 Å². The first-order chi connectivity index (χ1) is 9.15. The van der Waals surface area contributed by atoms with Crippen molar-refractivity contribution in [2.75, 3.05) is 6.54 Å². The van der Waals surface area contributed by atoms with Gasteiger partial charge in [-0.05, 0) is 39.5 Å². The molecule has 2 atom stereocenters. The molecule has 104 valence electrons. The monoisotopic (exact) mass is 263 g/mol. The maximum Gasteiger partial charge on any atom is 0.240 e. The number of likely N-dealkylation sites (tertiary alicyclic amines) is 1. The number of nitrogens with one attached hydrogen (secondary N) is 1. The maximum absolute atomic E-state index is 12.5. The second-order valence-corrected chi connectivity index (χ2v) is 5.65. The summed E-state index contributed by atoms with van der Waals surface area (Å²) in [6, 6.07) is 0.470. The van der Waals surface area contributed by atoms with Crippen LogP contribution in [-0.4, -0.2) is 34.4 Å². The van der Waals surface area contributed by atoms with Gasteiger partial charge in [0.15, 0.2) is 0 Å². The molecule has 5 heteroatoms. The van der Waals surface area contributed by atoms with E-state index in [0.717, 1.165) is 25.1 Å². The number of amides is 1. The highest BCUT2D eigenvalue weighted by Gasteiger charge is 2.36. The third kappa shape index (κ3) is 2.66. The van der Waals surface area contributed by atoms with E-state index in [2.05, 4.69) is 10.3 Å². The number of nitrogens with zero attached hydrogens (tertiary/aromatic N) is 2. The maximum atomic E-state index is 12.5. The Bertz CT molecular complexity index is 467. The molecule has 1 aromatic heterocycles. The molecular weight excluding hydrogens is 242 g/mol.